The van der Waals surface area contributed by atoms with E-state index in [0.717, 1.165) is 0 Å². The van der Waals surface area contributed by atoms with Crippen LogP contribution in [0.5, 0.6) is 0 Å². The van der Waals surface area contributed by atoms with Crippen LogP contribution in [0, 0.1) is 0 Å². The van der Waals surface area contributed by atoms with E-state index < -0.39 is 116 Å². The number of amidine groups is 4. The molecule has 0 radical (unpaired) electrons. The van der Waals surface area contributed by atoms with Crippen molar-refractivity contribution < 1.29 is 223 Å². The van der Waals surface area contributed by atoms with Crippen molar-refractivity contribution in [2.45, 2.75) is 122 Å². The van der Waals surface area contributed by atoms with Gasteiger partial charge in [-0.1, -0.05) is 0 Å². The van der Waals surface area contributed by atoms with E-state index in [1.54, 1.807) is 0 Å². The van der Waals surface area contributed by atoms with Crippen LogP contribution in [-0.4, -0.2) is 239 Å². The molecule has 0 N–H and O–H groups in total. The minimum atomic E-state index is -7.46. The molecule has 0 bridgehead atoms. The Bertz CT molecular complexity index is 5110. The van der Waals surface area contributed by atoms with E-state index in [1.165, 1.54) is 0 Å². The van der Waals surface area contributed by atoms with Crippen LogP contribution in [0.25, 0.3) is 21.5 Å². The number of carboxylic acid groups (broad SMARTS) is 1. The Labute approximate surface area is 727 Å². The Kier molecular flexibility index (Phi) is 29.4. The standard InChI is InChI=1S/C67H92N10O20S5Si3.4Na/c1-103(2,49-23-39-76(34-13-18-44-98(80,81)82,35-14-19-45-99(83,84)85)36-15-20-46-100(86,87)88)96-105(97-104(3,4)50-24-40-77(37-16-21-47-101(89,90)91,38-17-22-48-102(92,93)94)41-43-95-42-33-59(78)79)72-60-51-25-5-6-26-52(51)61(72)69-63-55-29-9-10-30-56(55)65(74(63)105)71-67-58-32-12-11-31-57(58)66(75(67)105)70-64-54-28-8-7-27-53(54)62(68-60)73(64)105;;;;/h5-12,25-32H,13-24,33-50H2,1-4H3,(H4-2,78,79,80,81,82,83,84,85,86,87,88,89,90,91,92,93,94);;;;/q;4*+1/p-4. The summed E-state index contributed by atoms with van der Waals surface area (Å²) in [5, 5.41) is 14.4. The number of aliphatic carboxylic acids is 1. The fourth-order valence-corrected chi connectivity index (χ4v) is 42.5. The Morgan fingerprint density at radius 1 is 0.413 bits per heavy atom. The van der Waals surface area contributed by atoms with Gasteiger partial charge in [0.1, 0.15) is 0 Å². The minimum Gasteiger partial charge on any atom is 1.00 e. The fraction of sp³-hybridized carbons (Fsp3) is 0.507. The maximum absolute atomic E-state index is 12.1. The number of nitrogens with zero attached hydrogens (tertiary/aromatic N) is 10. The number of carboxylic acids is 1. The quantitative estimate of drug-likeness (QED) is 0.0148. The summed E-state index contributed by atoms with van der Waals surface area (Å²) in [6, 6.07) is 32.2. The SMILES string of the molecule is C[Si](C)(CCC[N+](CCCCS(=O)(=O)[O-])(CCCCS(=O)(=O)[O-])CCCCS(=O)(=O)[O-])O[Si-2]123(O[Si](C)(C)CCC[N+](CCCCS(=O)(=O)[O-])(CCCCS(=O)(=O)[O-])CCOCCC(=O)[O-])n4c5c6ccccc6c4N=C4c6ccccc6C(=[N+]41)N=c1c4ccccc4c(n12)=NC1=[N+]3C(=N5)c2ccccc21.[Na+].[Na+].[Na+].[Na+]. The van der Waals surface area contributed by atoms with Crippen molar-refractivity contribution in [2.24, 2.45) is 20.0 Å². The summed E-state index contributed by atoms with van der Waals surface area (Å²) in [6.07, 6.45) is 1.48. The maximum atomic E-state index is 12.1. The Morgan fingerprint density at radius 2 is 0.716 bits per heavy atom. The van der Waals surface area contributed by atoms with E-state index >= 15 is 0 Å². The predicted molar refractivity (Wildman–Crippen MR) is 392 cm³/mol. The molecule has 4 aromatic carbocycles. The number of aliphatic imine (C=N–C) groups is 2. The second kappa shape index (κ2) is 34.7. The summed E-state index contributed by atoms with van der Waals surface area (Å²) in [7, 11) is -38.2. The number of rotatable bonds is 43. The van der Waals surface area contributed by atoms with Crippen molar-refractivity contribution in [3.63, 3.8) is 0 Å². The molecular formula is C67H88N10Na4O20S5Si3. The number of carbonyl (C=O) groups is 1. The second-order valence-electron chi connectivity index (χ2n) is 30.0. The zero-order valence-corrected chi connectivity index (χ0v) is 78.2. The monoisotopic (exact) mass is 1690 g/mol. The van der Waals surface area contributed by atoms with Crippen molar-refractivity contribution in [1.82, 2.24) is 8.47 Å². The number of unbranched alkanes of at least 4 members (excludes halogenated alkanes) is 5. The van der Waals surface area contributed by atoms with Crippen LogP contribution < -0.4 is 134 Å². The van der Waals surface area contributed by atoms with Gasteiger partial charge < -0.3 is 9.90 Å². The average Bonchev–Trinajstić information content (AvgIpc) is 1.46. The van der Waals surface area contributed by atoms with Gasteiger partial charge in [0, 0.05) is 0 Å². The first-order valence-corrected chi connectivity index (χ1v) is 52.3. The summed E-state index contributed by atoms with van der Waals surface area (Å²) in [6.45, 7) is 10.6. The van der Waals surface area contributed by atoms with Crippen molar-refractivity contribution in [3.05, 3.63) is 130 Å². The van der Waals surface area contributed by atoms with E-state index in [0.29, 0.717) is 128 Å². The molecule has 12 rings (SSSR count). The van der Waals surface area contributed by atoms with Gasteiger partial charge in [-0.15, -0.1) is 0 Å². The van der Waals surface area contributed by atoms with E-state index in [-0.39, 0.29) is 244 Å². The van der Waals surface area contributed by atoms with Gasteiger partial charge in [0.05, 0.1) is 0 Å². The number of aromatic nitrogens is 2. The molecule has 0 saturated heterocycles. The normalized spacial score (nSPS) is 16.9. The van der Waals surface area contributed by atoms with Crippen molar-refractivity contribution in [1.29, 1.82) is 0 Å². The molecule has 6 aliphatic heterocycles. The van der Waals surface area contributed by atoms with Crippen LogP contribution in [0.2, 0.25) is 38.3 Å². The Balaban J connectivity index is 0.00000374. The van der Waals surface area contributed by atoms with Gasteiger partial charge >= 0.3 is 726 Å². The van der Waals surface area contributed by atoms with Crippen LogP contribution in [0.15, 0.2) is 117 Å². The molecule has 109 heavy (non-hydrogen) atoms. The fourth-order valence-electron chi connectivity index (χ4n) is 17.4. The zero-order valence-electron chi connectivity index (χ0n) is 63.1. The van der Waals surface area contributed by atoms with Gasteiger partial charge in [0.15, 0.2) is 0 Å². The largest absolute Gasteiger partial charge is 1.00 e. The average molecular weight is 1690 g/mol. The molecule has 0 unspecified atom stereocenters. The Hall–Kier alpha value is -2.29. The van der Waals surface area contributed by atoms with Gasteiger partial charge in [0.2, 0.25) is 0 Å². The number of hydrogen-bond donors (Lipinski definition) is 0. The first-order chi connectivity index (χ1) is 49.3. The number of benzene rings is 4. The van der Waals surface area contributed by atoms with Gasteiger partial charge in [-0.2, -0.15) is 0 Å². The van der Waals surface area contributed by atoms with Gasteiger partial charge in [0.25, 0.3) is 0 Å². The molecule has 6 aromatic rings. The summed E-state index contributed by atoms with van der Waals surface area (Å²) >= 11 is 0. The molecule has 0 atom stereocenters. The van der Waals surface area contributed by atoms with Crippen molar-refractivity contribution >= 4 is 137 Å². The molecule has 0 amide bonds. The van der Waals surface area contributed by atoms with Crippen LogP contribution in [0.4, 0.5) is 11.6 Å². The second-order valence-corrected chi connectivity index (χ2v) is 51.9. The van der Waals surface area contributed by atoms with E-state index in [4.69, 9.17) is 24.7 Å². The molecule has 0 fully saturated rings. The van der Waals surface area contributed by atoms with Crippen LogP contribution in [0.1, 0.15) is 106 Å². The van der Waals surface area contributed by atoms with Crippen LogP contribution in [-0.2, 0) is 68.4 Å². The van der Waals surface area contributed by atoms with Crippen LogP contribution >= 0.6 is 0 Å². The number of ether oxygens (including phenoxy) is 1. The van der Waals surface area contributed by atoms with Crippen LogP contribution in [0.3, 0.4) is 0 Å². The van der Waals surface area contributed by atoms with Gasteiger partial charge in [-0.05, 0) is 0 Å². The number of quaternary nitrogens is 2. The third-order valence-electron chi connectivity index (χ3n) is 21.5. The smallest absolute Gasteiger partial charge is 1.00 e. The van der Waals surface area contributed by atoms with Gasteiger partial charge in [-0.3, -0.25) is 0 Å². The van der Waals surface area contributed by atoms with E-state index in [2.05, 4.69) is 43.1 Å². The summed E-state index contributed by atoms with van der Waals surface area (Å²) in [5.41, 5.74) is 3.78. The minimum absolute atomic E-state index is 0. The van der Waals surface area contributed by atoms with Crippen molar-refractivity contribution in [2.75, 3.05) is 94.3 Å². The summed E-state index contributed by atoms with van der Waals surface area (Å²) in [4.78, 5) is 34.9. The summed E-state index contributed by atoms with van der Waals surface area (Å²) in [5.74, 6) is -1.77. The number of fused-ring (bicyclic) bond motifs is 12. The molecule has 42 heteroatoms. The number of hydrogen-bond acceptors (Lipinski definition) is 24. The maximum Gasteiger partial charge on any atom is 1.00 e. The third kappa shape index (κ3) is 18.5. The third-order valence-corrected chi connectivity index (χ3v) is 42.1. The van der Waals surface area contributed by atoms with E-state index in [9.17, 15) is 83.0 Å². The number of carbonyl (C=O) groups excluding carboxylic acids is 1. The molecule has 0 saturated carbocycles. The summed E-state index contributed by atoms with van der Waals surface area (Å²) < 4.78 is 215. The zero-order chi connectivity index (χ0) is 75.5. The van der Waals surface area contributed by atoms with Crippen molar-refractivity contribution in [3.8, 4) is 0 Å². The molecular weight excluding hydrogens is 1600 g/mol. The topological polar surface area (TPSA) is 419 Å². The molecule has 1 spiro atoms. The first-order valence-electron chi connectivity index (χ1n) is 35.6. The molecule has 30 nitrogen and oxygen atoms in total. The predicted octanol–water partition coefficient (Wildman–Crippen LogP) is -8.02. The molecule has 6 aliphatic rings. The molecule has 8 heterocycles. The molecule has 0 aliphatic carbocycles. The Morgan fingerprint density at radius 3 is 1.05 bits per heavy atom. The van der Waals surface area contributed by atoms with Gasteiger partial charge in [-0.25, -0.2) is 0 Å². The molecule has 572 valence electrons. The molecule has 2 aromatic heterocycles. The first kappa shape index (κ1) is 92.2. The van der Waals surface area contributed by atoms with E-state index in [1.807, 2.05) is 97.1 Å².